The summed E-state index contributed by atoms with van der Waals surface area (Å²) in [5.74, 6) is 1.61. The van der Waals surface area contributed by atoms with E-state index in [2.05, 4.69) is 26.1 Å². The maximum Gasteiger partial charge on any atom is 0.249 e. The first kappa shape index (κ1) is 10.1. The topological polar surface area (TPSA) is 38.9 Å². The largest absolute Gasteiger partial charge is 0.421 e. The highest BCUT2D eigenvalue weighted by molar-refractivity contribution is 9.10. The van der Waals surface area contributed by atoms with Gasteiger partial charge in [-0.25, -0.2) is 0 Å². The Morgan fingerprint density at radius 1 is 1.43 bits per heavy atom. The van der Waals surface area contributed by atoms with Crippen molar-refractivity contribution >= 4 is 38.9 Å². The van der Waals surface area contributed by atoms with E-state index >= 15 is 0 Å². The van der Waals surface area contributed by atoms with Gasteiger partial charge in [0, 0.05) is 27.5 Å². The lowest BCUT2D eigenvalue weighted by atomic mass is 10.3. The van der Waals surface area contributed by atoms with Gasteiger partial charge in [-0.3, -0.25) is 0 Å². The summed E-state index contributed by atoms with van der Waals surface area (Å²) >= 11 is 10.6. The van der Waals surface area contributed by atoms with Crippen LogP contribution in [0.25, 0.3) is 11.5 Å². The molecule has 0 atom stereocenters. The molecule has 0 unspecified atom stereocenters. The molecule has 0 fully saturated rings. The molecule has 0 bridgehead atoms. The Bertz CT molecular complexity index is 428. The number of nitrogens with zero attached hydrogens (tertiary/aromatic N) is 2. The van der Waals surface area contributed by atoms with Gasteiger partial charge in [0.2, 0.25) is 11.8 Å². The number of hydrogen-bond acceptors (Lipinski definition) is 4. The first-order valence-electron chi connectivity index (χ1n) is 3.91. The lowest BCUT2D eigenvalue weighted by molar-refractivity contribution is 0.513. The SMILES string of the molecule is ClCCc1nnc(-c2cscc2Br)o1. The predicted octanol–water partition coefficient (Wildman–Crippen LogP) is 3.34. The van der Waals surface area contributed by atoms with E-state index < -0.39 is 0 Å². The van der Waals surface area contributed by atoms with Gasteiger partial charge in [-0.05, 0) is 15.9 Å². The van der Waals surface area contributed by atoms with Crippen molar-refractivity contribution in [3.05, 3.63) is 21.1 Å². The fraction of sp³-hybridized carbons (Fsp3) is 0.250. The summed E-state index contributed by atoms with van der Waals surface area (Å²) in [5, 5.41) is 11.8. The molecule has 0 aliphatic heterocycles. The van der Waals surface area contributed by atoms with E-state index in [0.717, 1.165) is 10.0 Å². The molecule has 3 nitrogen and oxygen atoms in total. The van der Waals surface area contributed by atoms with E-state index in [1.165, 1.54) is 0 Å². The molecule has 0 aliphatic carbocycles. The van der Waals surface area contributed by atoms with Crippen molar-refractivity contribution in [2.24, 2.45) is 0 Å². The molecule has 74 valence electrons. The minimum Gasteiger partial charge on any atom is -0.421 e. The summed E-state index contributed by atoms with van der Waals surface area (Å²) in [6.45, 7) is 0. The molecule has 0 aliphatic rings. The van der Waals surface area contributed by atoms with Gasteiger partial charge in [-0.1, -0.05) is 0 Å². The van der Waals surface area contributed by atoms with Crippen molar-refractivity contribution in [2.75, 3.05) is 5.88 Å². The third-order valence-electron chi connectivity index (χ3n) is 1.62. The highest BCUT2D eigenvalue weighted by atomic mass is 79.9. The third-order valence-corrected chi connectivity index (χ3v) is 3.51. The predicted molar refractivity (Wildman–Crippen MR) is 59.7 cm³/mol. The van der Waals surface area contributed by atoms with Crippen LogP contribution in [0.3, 0.4) is 0 Å². The highest BCUT2D eigenvalue weighted by Gasteiger charge is 2.11. The van der Waals surface area contributed by atoms with Crippen LogP contribution in [0.15, 0.2) is 19.6 Å². The van der Waals surface area contributed by atoms with E-state index in [1.54, 1.807) is 11.3 Å². The fourth-order valence-corrected chi connectivity index (χ4v) is 2.58. The van der Waals surface area contributed by atoms with Crippen molar-refractivity contribution in [3.63, 3.8) is 0 Å². The Morgan fingerprint density at radius 2 is 2.29 bits per heavy atom. The van der Waals surface area contributed by atoms with Gasteiger partial charge in [0.25, 0.3) is 0 Å². The zero-order chi connectivity index (χ0) is 9.97. The van der Waals surface area contributed by atoms with Crippen LogP contribution in [0.1, 0.15) is 5.89 Å². The standard InChI is InChI=1S/C8H6BrClN2OS/c9-6-4-14-3-5(6)8-12-11-7(13-8)1-2-10/h3-4H,1-2H2. The molecular weight excluding hydrogens is 288 g/mol. The van der Waals surface area contributed by atoms with Gasteiger partial charge in [0.1, 0.15) is 0 Å². The molecule has 2 aromatic rings. The number of hydrogen-bond donors (Lipinski definition) is 0. The molecule has 0 aromatic carbocycles. The van der Waals surface area contributed by atoms with Crippen LogP contribution in [-0.4, -0.2) is 16.1 Å². The summed E-state index contributed by atoms with van der Waals surface area (Å²) in [6, 6.07) is 0. The van der Waals surface area contributed by atoms with Crippen molar-refractivity contribution in [1.82, 2.24) is 10.2 Å². The first-order chi connectivity index (χ1) is 6.81. The summed E-state index contributed by atoms with van der Waals surface area (Å²) in [5.41, 5.74) is 0.934. The van der Waals surface area contributed by atoms with Crippen molar-refractivity contribution < 1.29 is 4.42 Å². The normalized spacial score (nSPS) is 10.7. The van der Waals surface area contributed by atoms with Crippen LogP contribution >= 0.6 is 38.9 Å². The molecule has 0 saturated heterocycles. The van der Waals surface area contributed by atoms with Crippen LogP contribution in [0.4, 0.5) is 0 Å². The van der Waals surface area contributed by atoms with Gasteiger partial charge in [-0.15, -0.1) is 21.8 Å². The number of aryl methyl sites for hydroxylation is 1. The lowest BCUT2D eigenvalue weighted by Gasteiger charge is -1.89. The Kier molecular flexibility index (Phi) is 3.20. The molecule has 2 aromatic heterocycles. The zero-order valence-corrected chi connectivity index (χ0v) is 10.2. The monoisotopic (exact) mass is 292 g/mol. The Morgan fingerprint density at radius 3 is 2.93 bits per heavy atom. The Balaban J connectivity index is 2.29. The van der Waals surface area contributed by atoms with Crippen LogP contribution < -0.4 is 0 Å². The highest BCUT2D eigenvalue weighted by Crippen LogP contribution is 2.30. The van der Waals surface area contributed by atoms with Crippen LogP contribution in [0.2, 0.25) is 0 Å². The lowest BCUT2D eigenvalue weighted by Crippen LogP contribution is -1.84. The summed E-state index contributed by atoms with van der Waals surface area (Å²) in [6.07, 6.45) is 0.607. The molecule has 6 heteroatoms. The second-order valence-corrected chi connectivity index (χ2v) is 4.55. The smallest absolute Gasteiger partial charge is 0.249 e. The van der Waals surface area contributed by atoms with Crippen molar-refractivity contribution in [1.29, 1.82) is 0 Å². The summed E-state index contributed by atoms with van der Waals surface area (Å²) in [7, 11) is 0. The fourth-order valence-electron chi connectivity index (χ4n) is 0.978. The minimum absolute atomic E-state index is 0.492. The van der Waals surface area contributed by atoms with E-state index in [0.29, 0.717) is 24.1 Å². The van der Waals surface area contributed by atoms with E-state index in [4.69, 9.17) is 16.0 Å². The van der Waals surface area contributed by atoms with Gasteiger partial charge in [0.15, 0.2) is 0 Å². The van der Waals surface area contributed by atoms with Crippen LogP contribution in [-0.2, 0) is 6.42 Å². The van der Waals surface area contributed by atoms with E-state index in [1.807, 2.05) is 10.8 Å². The van der Waals surface area contributed by atoms with Gasteiger partial charge >= 0.3 is 0 Å². The van der Waals surface area contributed by atoms with Crippen molar-refractivity contribution in [3.8, 4) is 11.5 Å². The quantitative estimate of drug-likeness (QED) is 0.815. The van der Waals surface area contributed by atoms with Crippen LogP contribution in [0, 0.1) is 0 Å². The number of aromatic nitrogens is 2. The van der Waals surface area contributed by atoms with Gasteiger partial charge in [-0.2, -0.15) is 11.3 Å². The van der Waals surface area contributed by atoms with Crippen LogP contribution in [0.5, 0.6) is 0 Å². The number of rotatable bonds is 3. The average Bonchev–Trinajstić information content (AvgIpc) is 2.74. The molecule has 0 N–H and O–H groups in total. The number of alkyl halides is 1. The molecule has 0 spiro atoms. The van der Waals surface area contributed by atoms with Gasteiger partial charge in [0.05, 0.1) is 5.56 Å². The van der Waals surface area contributed by atoms with Gasteiger partial charge < -0.3 is 4.42 Å². The number of thiophene rings is 1. The molecule has 14 heavy (non-hydrogen) atoms. The summed E-state index contributed by atoms with van der Waals surface area (Å²) in [4.78, 5) is 0. The zero-order valence-electron chi connectivity index (χ0n) is 7.04. The second-order valence-electron chi connectivity index (χ2n) is 2.57. The van der Waals surface area contributed by atoms with E-state index in [9.17, 15) is 0 Å². The second kappa shape index (κ2) is 4.42. The maximum atomic E-state index is 5.57. The number of halogens is 2. The first-order valence-corrected chi connectivity index (χ1v) is 6.18. The molecule has 0 saturated carbocycles. The maximum absolute atomic E-state index is 5.57. The average molecular weight is 294 g/mol. The summed E-state index contributed by atoms with van der Waals surface area (Å²) < 4.78 is 6.39. The van der Waals surface area contributed by atoms with Crippen molar-refractivity contribution in [2.45, 2.75) is 6.42 Å². The Labute approximate surface area is 98.2 Å². The molecular formula is C8H6BrClN2OS. The Hall–Kier alpha value is -0.390. The molecule has 0 amide bonds. The molecule has 2 rings (SSSR count). The third kappa shape index (κ3) is 1.99. The molecule has 0 radical (unpaired) electrons. The van der Waals surface area contributed by atoms with E-state index in [-0.39, 0.29) is 0 Å². The molecule has 2 heterocycles. The minimum atomic E-state index is 0.492.